The van der Waals surface area contributed by atoms with Crippen molar-refractivity contribution >= 4 is 11.8 Å². The van der Waals surface area contributed by atoms with Gasteiger partial charge in [0, 0.05) is 19.8 Å². The summed E-state index contributed by atoms with van der Waals surface area (Å²) in [6.45, 7) is 5.57. The summed E-state index contributed by atoms with van der Waals surface area (Å²) in [5.74, 6) is -1.00. The normalized spacial score (nSPS) is 29.0. The van der Waals surface area contributed by atoms with Gasteiger partial charge in [0.25, 0.3) is 0 Å². The predicted octanol–water partition coefficient (Wildman–Crippen LogP) is 1.97. The number of nitrogens with zero attached hydrogens (tertiary/aromatic N) is 3. The second kappa shape index (κ2) is 6.80. The molecule has 2 saturated heterocycles. The Kier molecular flexibility index (Phi) is 4.32. The van der Waals surface area contributed by atoms with Crippen molar-refractivity contribution in [1.82, 2.24) is 20.0 Å². The van der Waals surface area contributed by atoms with Crippen molar-refractivity contribution in [2.24, 2.45) is 11.8 Å². The Hall–Kier alpha value is -2.93. The second-order valence-corrected chi connectivity index (χ2v) is 8.80. The van der Waals surface area contributed by atoms with E-state index < -0.39 is 17.4 Å². The Morgan fingerprint density at radius 1 is 1.37 bits per heavy atom. The highest BCUT2D eigenvalue weighted by atomic mass is 16.5. The number of hydrogen-bond acceptors (Lipinski definition) is 4. The molecule has 1 spiro atoms. The highest BCUT2D eigenvalue weighted by Gasteiger charge is 2.67. The zero-order valence-corrected chi connectivity index (χ0v) is 17.5. The average molecular weight is 406 g/mol. The van der Waals surface area contributed by atoms with Gasteiger partial charge in [-0.15, -0.1) is 0 Å². The molecule has 0 unspecified atom stereocenters. The minimum atomic E-state index is -0.686. The van der Waals surface area contributed by atoms with Crippen molar-refractivity contribution in [3.8, 4) is 0 Å². The molecule has 1 aromatic carbocycles. The van der Waals surface area contributed by atoms with E-state index in [0.29, 0.717) is 19.6 Å². The van der Waals surface area contributed by atoms with E-state index in [9.17, 15) is 9.59 Å². The summed E-state index contributed by atoms with van der Waals surface area (Å²) in [6.07, 6.45) is 5.29. The van der Waals surface area contributed by atoms with Crippen LogP contribution in [0.1, 0.15) is 22.4 Å². The van der Waals surface area contributed by atoms with E-state index in [1.165, 1.54) is 5.56 Å². The number of aromatic nitrogens is 2. The van der Waals surface area contributed by atoms with Gasteiger partial charge in [-0.05, 0) is 31.0 Å². The maximum absolute atomic E-state index is 13.5. The lowest BCUT2D eigenvalue weighted by molar-refractivity contribution is -0.142. The molecule has 30 heavy (non-hydrogen) atoms. The highest BCUT2D eigenvalue weighted by molar-refractivity contribution is 5.93. The van der Waals surface area contributed by atoms with Crippen LogP contribution in [0.5, 0.6) is 0 Å². The van der Waals surface area contributed by atoms with E-state index in [1.54, 1.807) is 18.1 Å². The molecule has 3 aliphatic rings. The quantitative estimate of drug-likeness (QED) is 0.770. The summed E-state index contributed by atoms with van der Waals surface area (Å²) in [5.41, 5.74) is 3.64. The molecule has 0 saturated carbocycles. The van der Waals surface area contributed by atoms with Crippen LogP contribution >= 0.6 is 0 Å². The van der Waals surface area contributed by atoms with Gasteiger partial charge in [0.05, 0.1) is 36.7 Å². The average Bonchev–Trinajstić information content (AvgIpc) is 3.47. The third-order valence-electron chi connectivity index (χ3n) is 6.67. The summed E-state index contributed by atoms with van der Waals surface area (Å²) < 4.78 is 6.25. The molecule has 5 rings (SSSR count). The zero-order chi connectivity index (χ0) is 21.0. The van der Waals surface area contributed by atoms with E-state index in [0.717, 1.165) is 16.8 Å². The molecular formula is C23H26N4O3. The lowest BCUT2D eigenvalue weighted by Crippen LogP contribution is -2.44. The molecule has 4 atom stereocenters. The van der Waals surface area contributed by atoms with Crippen LogP contribution in [-0.4, -0.2) is 57.1 Å². The molecule has 0 radical (unpaired) electrons. The standard InChI is InChI=1S/C23H26N4O3/c1-14-4-5-15(2)16(10-14)11-27-13-23-8-6-18(30-23)19(20(23)22(27)29)21(28)26(3)12-17-7-9-24-25-17/h4-10,18-20H,11-13H2,1-3H3,(H,24,25)/t18-,19+,20-,23-/m0/s1. The van der Waals surface area contributed by atoms with Crippen molar-refractivity contribution in [2.75, 3.05) is 13.6 Å². The van der Waals surface area contributed by atoms with Gasteiger partial charge in [-0.1, -0.05) is 35.9 Å². The first-order valence-electron chi connectivity index (χ1n) is 10.3. The molecule has 2 fully saturated rings. The third-order valence-corrected chi connectivity index (χ3v) is 6.67. The Labute approximate surface area is 175 Å². The van der Waals surface area contributed by atoms with Crippen LogP contribution in [0.4, 0.5) is 0 Å². The Morgan fingerprint density at radius 2 is 2.20 bits per heavy atom. The molecule has 1 aromatic heterocycles. The molecule has 156 valence electrons. The smallest absolute Gasteiger partial charge is 0.230 e. The Balaban J connectivity index is 1.38. The minimum absolute atomic E-state index is 0.0102. The number of amides is 2. The number of fused-ring (bicyclic) bond motifs is 1. The number of benzene rings is 1. The van der Waals surface area contributed by atoms with Gasteiger partial charge in [0.15, 0.2) is 0 Å². The maximum Gasteiger partial charge on any atom is 0.230 e. The number of ether oxygens (including phenoxy) is 1. The number of H-pyrrole nitrogens is 1. The lowest BCUT2D eigenvalue weighted by Gasteiger charge is -2.27. The van der Waals surface area contributed by atoms with E-state index in [4.69, 9.17) is 4.74 Å². The fraction of sp³-hybridized carbons (Fsp3) is 0.435. The fourth-order valence-electron chi connectivity index (χ4n) is 5.13. The van der Waals surface area contributed by atoms with Gasteiger partial charge in [0.1, 0.15) is 5.60 Å². The van der Waals surface area contributed by atoms with E-state index in [2.05, 4.69) is 42.2 Å². The number of hydrogen-bond donors (Lipinski definition) is 1. The minimum Gasteiger partial charge on any atom is -0.360 e. The van der Waals surface area contributed by atoms with Gasteiger partial charge < -0.3 is 14.5 Å². The Bertz CT molecular complexity index is 1030. The predicted molar refractivity (Wildman–Crippen MR) is 110 cm³/mol. The molecule has 0 aliphatic carbocycles. The highest BCUT2D eigenvalue weighted by Crippen LogP contribution is 2.52. The second-order valence-electron chi connectivity index (χ2n) is 8.80. The number of carbonyl (C=O) groups is 2. The molecule has 2 aromatic rings. The van der Waals surface area contributed by atoms with Crippen LogP contribution in [0.15, 0.2) is 42.6 Å². The summed E-state index contributed by atoms with van der Waals surface area (Å²) in [7, 11) is 1.76. The van der Waals surface area contributed by atoms with Crippen LogP contribution in [0, 0.1) is 25.7 Å². The summed E-state index contributed by atoms with van der Waals surface area (Å²) in [5, 5.41) is 6.82. The largest absolute Gasteiger partial charge is 0.360 e. The number of likely N-dealkylation sites (tertiary alicyclic amines) is 1. The maximum atomic E-state index is 13.5. The number of nitrogens with one attached hydrogen (secondary N) is 1. The first-order valence-corrected chi connectivity index (χ1v) is 10.3. The van der Waals surface area contributed by atoms with Gasteiger partial charge in [-0.25, -0.2) is 0 Å². The molecule has 1 N–H and O–H groups in total. The molecular weight excluding hydrogens is 380 g/mol. The Morgan fingerprint density at radius 3 is 2.97 bits per heavy atom. The van der Waals surface area contributed by atoms with Crippen LogP contribution in [0.25, 0.3) is 0 Å². The van der Waals surface area contributed by atoms with Crippen molar-refractivity contribution in [3.63, 3.8) is 0 Å². The van der Waals surface area contributed by atoms with Crippen LogP contribution in [-0.2, 0) is 27.4 Å². The van der Waals surface area contributed by atoms with Crippen molar-refractivity contribution < 1.29 is 14.3 Å². The van der Waals surface area contributed by atoms with Crippen molar-refractivity contribution in [1.29, 1.82) is 0 Å². The number of carbonyl (C=O) groups excluding carboxylic acids is 2. The van der Waals surface area contributed by atoms with Gasteiger partial charge in [0.2, 0.25) is 11.8 Å². The van der Waals surface area contributed by atoms with Gasteiger partial charge in [-0.2, -0.15) is 5.10 Å². The monoisotopic (exact) mass is 406 g/mol. The third kappa shape index (κ3) is 2.88. The van der Waals surface area contributed by atoms with Crippen LogP contribution in [0.3, 0.4) is 0 Å². The molecule has 7 nitrogen and oxygen atoms in total. The molecule has 3 aliphatic heterocycles. The van der Waals surface area contributed by atoms with Crippen LogP contribution in [0.2, 0.25) is 0 Å². The van der Waals surface area contributed by atoms with Crippen molar-refractivity contribution in [2.45, 2.75) is 38.6 Å². The van der Waals surface area contributed by atoms with E-state index in [1.807, 2.05) is 23.1 Å². The summed E-state index contributed by atoms with van der Waals surface area (Å²) in [6, 6.07) is 8.14. The molecule has 4 heterocycles. The SMILES string of the molecule is Cc1ccc(C)c(CN2C[C@]34C=C[C@H](O3)[C@@H](C(=O)N(C)Cc3ccn[nH]3)[C@H]4C2=O)c1. The molecule has 2 bridgehead atoms. The number of rotatable bonds is 5. The zero-order valence-electron chi connectivity index (χ0n) is 17.5. The summed E-state index contributed by atoms with van der Waals surface area (Å²) in [4.78, 5) is 30.3. The first kappa shape index (κ1) is 19.1. The van der Waals surface area contributed by atoms with Gasteiger partial charge in [-0.3, -0.25) is 14.7 Å². The summed E-state index contributed by atoms with van der Waals surface area (Å²) >= 11 is 0. The first-order chi connectivity index (χ1) is 14.4. The molecule has 2 amide bonds. The fourth-order valence-corrected chi connectivity index (χ4v) is 5.13. The lowest BCUT2D eigenvalue weighted by atomic mass is 9.76. The van der Waals surface area contributed by atoms with E-state index >= 15 is 0 Å². The van der Waals surface area contributed by atoms with Crippen molar-refractivity contribution in [3.05, 3.63) is 65.0 Å². The van der Waals surface area contributed by atoms with Crippen LogP contribution < -0.4 is 0 Å². The topological polar surface area (TPSA) is 78.5 Å². The molecule has 7 heteroatoms. The van der Waals surface area contributed by atoms with Gasteiger partial charge >= 0.3 is 0 Å². The number of aromatic amines is 1. The van der Waals surface area contributed by atoms with E-state index in [-0.39, 0.29) is 17.9 Å². The number of aryl methyl sites for hydroxylation is 2.